The van der Waals surface area contributed by atoms with Crippen molar-refractivity contribution in [3.63, 3.8) is 0 Å². The first-order valence-corrected chi connectivity index (χ1v) is 6.94. The summed E-state index contributed by atoms with van der Waals surface area (Å²) in [5.41, 5.74) is 2.30. The van der Waals surface area contributed by atoms with Crippen molar-refractivity contribution >= 4 is 17.9 Å². The summed E-state index contributed by atoms with van der Waals surface area (Å²) in [4.78, 5) is 15.6. The quantitative estimate of drug-likeness (QED) is 0.632. The lowest BCUT2D eigenvalue weighted by Crippen LogP contribution is -1.99. The molecule has 0 aromatic heterocycles. The molecule has 2 aromatic carbocycles. The van der Waals surface area contributed by atoms with Gasteiger partial charge in [-0.15, -0.1) is 0 Å². The number of carbonyl (C=O) groups excluding carboxylic acids is 1. The molecule has 0 fully saturated rings. The second kappa shape index (κ2) is 5.85. The van der Waals surface area contributed by atoms with Crippen molar-refractivity contribution < 1.29 is 14.3 Å². The van der Waals surface area contributed by atoms with Gasteiger partial charge in [-0.25, -0.2) is 9.79 Å². The minimum absolute atomic E-state index is 0.296. The Morgan fingerprint density at radius 3 is 2.50 bits per heavy atom. The zero-order chi connectivity index (χ0) is 15.5. The fourth-order valence-electron chi connectivity index (χ4n) is 2.08. The third-order valence-electron chi connectivity index (χ3n) is 3.15. The van der Waals surface area contributed by atoms with Crippen molar-refractivity contribution in [2.45, 2.75) is 13.8 Å². The number of nitrogens with zero attached hydrogens (tertiary/aromatic N) is 1. The summed E-state index contributed by atoms with van der Waals surface area (Å²) < 4.78 is 10.7. The predicted molar refractivity (Wildman–Crippen MR) is 84.9 cm³/mol. The highest BCUT2D eigenvalue weighted by molar-refractivity contribution is 6.06. The van der Waals surface area contributed by atoms with Crippen LogP contribution in [0.2, 0.25) is 0 Å². The van der Waals surface area contributed by atoms with Gasteiger partial charge in [0.15, 0.2) is 11.6 Å². The van der Waals surface area contributed by atoms with Crippen molar-refractivity contribution in [3.8, 4) is 11.5 Å². The molecule has 2 aromatic rings. The van der Waals surface area contributed by atoms with Crippen molar-refractivity contribution in [2.75, 3.05) is 0 Å². The van der Waals surface area contributed by atoms with Gasteiger partial charge in [-0.3, -0.25) is 0 Å². The number of aryl methyl sites for hydroxylation is 1. The zero-order valence-corrected chi connectivity index (χ0v) is 12.4. The monoisotopic (exact) mass is 293 g/mol. The third kappa shape index (κ3) is 3.23. The number of esters is 1. The molecule has 4 heteroatoms. The smallest absolute Gasteiger partial charge is 0.363 e. The highest BCUT2D eigenvalue weighted by Gasteiger charge is 2.19. The molecule has 1 heterocycles. The number of hydrogen-bond donors (Lipinski definition) is 0. The molecular formula is C18H15NO3. The Labute approximate surface area is 128 Å². The lowest BCUT2D eigenvalue weighted by molar-refractivity contribution is -0.130. The molecule has 0 unspecified atom stereocenters. The normalized spacial score (nSPS) is 15.6. The number of ether oxygens (including phenoxy) is 2. The van der Waals surface area contributed by atoms with Gasteiger partial charge in [0.05, 0.1) is 0 Å². The van der Waals surface area contributed by atoms with Crippen LogP contribution in [0, 0.1) is 6.92 Å². The van der Waals surface area contributed by atoms with Gasteiger partial charge in [-0.2, -0.15) is 0 Å². The lowest BCUT2D eigenvalue weighted by Gasteiger charge is -2.06. The van der Waals surface area contributed by atoms with E-state index in [1.54, 1.807) is 13.0 Å². The lowest BCUT2D eigenvalue weighted by atomic mass is 10.2. The summed E-state index contributed by atoms with van der Waals surface area (Å²) in [6, 6.07) is 15.3. The van der Waals surface area contributed by atoms with Crippen LogP contribution < -0.4 is 4.74 Å². The van der Waals surface area contributed by atoms with Crippen LogP contribution in [0.1, 0.15) is 18.1 Å². The van der Waals surface area contributed by atoms with Gasteiger partial charge in [0, 0.05) is 6.92 Å². The van der Waals surface area contributed by atoms with E-state index in [1.807, 2.05) is 55.5 Å². The molecule has 0 atom stereocenters. The maximum absolute atomic E-state index is 11.6. The number of cyclic esters (lactones) is 1. The summed E-state index contributed by atoms with van der Waals surface area (Å²) in [5.74, 6) is 1.40. The largest absolute Gasteiger partial charge is 0.457 e. The predicted octanol–water partition coefficient (Wildman–Crippen LogP) is 4.10. The van der Waals surface area contributed by atoms with Gasteiger partial charge in [0.2, 0.25) is 0 Å². The van der Waals surface area contributed by atoms with E-state index < -0.39 is 5.97 Å². The van der Waals surface area contributed by atoms with Gasteiger partial charge in [0.1, 0.15) is 11.5 Å². The van der Waals surface area contributed by atoms with Crippen LogP contribution in [0.25, 0.3) is 6.08 Å². The minimum Gasteiger partial charge on any atom is -0.457 e. The van der Waals surface area contributed by atoms with E-state index in [9.17, 15) is 4.79 Å². The van der Waals surface area contributed by atoms with Crippen molar-refractivity contribution in [2.24, 2.45) is 4.99 Å². The van der Waals surface area contributed by atoms with Gasteiger partial charge in [0.25, 0.3) is 0 Å². The van der Waals surface area contributed by atoms with Gasteiger partial charge in [-0.1, -0.05) is 29.8 Å². The molecule has 0 amide bonds. The first kappa shape index (κ1) is 14.1. The standard InChI is InChI=1S/C18H15NO3/c1-12-6-8-15(9-7-12)22-16-5-3-4-14(10-16)11-17-18(20)21-13(2)19-17/h3-11H,1-2H3/b17-11+. The van der Waals surface area contributed by atoms with E-state index in [4.69, 9.17) is 9.47 Å². The molecule has 1 aliphatic rings. The summed E-state index contributed by atoms with van der Waals surface area (Å²) >= 11 is 0. The Kier molecular flexibility index (Phi) is 3.74. The average Bonchev–Trinajstić information content (AvgIpc) is 2.80. The molecular weight excluding hydrogens is 278 g/mol. The molecule has 1 aliphatic heterocycles. The van der Waals surface area contributed by atoms with E-state index in [0.717, 1.165) is 11.3 Å². The molecule has 110 valence electrons. The maximum atomic E-state index is 11.6. The van der Waals surface area contributed by atoms with Crippen LogP contribution in [0.3, 0.4) is 0 Å². The molecule has 0 saturated heterocycles. The number of benzene rings is 2. The van der Waals surface area contributed by atoms with Crippen molar-refractivity contribution in [1.29, 1.82) is 0 Å². The Bertz CT molecular complexity index is 773. The third-order valence-corrected chi connectivity index (χ3v) is 3.15. The van der Waals surface area contributed by atoms with Crippen LogP contribution in [-0.4, -0.2) is 11.9 Å². The van der Waals surface area contributed by atoms with Crippen LogP contribution in [0.4, 0.5) is 0 Å². The molecule has 0 N–H and O–H groups in total. The molecule has 0 radical (unpaired) electrons. The second-order valence-electron chi connectivity index (χ2n) is 5.04. The van der Waals surface area contributed by atoms with E-state index in [-0.39, 0.29) is 0 Å². The second-order valence-corrected chi connectivity index (χ2v) is 5.04. The summed E-state index contributed by atoms with van der Waals surface area (Å²) in [7, 11) is 0. The number of aliphatic imine (C=N–C) groups is 1. The molecule has 0 bridgehead atoms. The SMILES string of the molecule is CC1=N/C(=C/c2cccc(Oc3ccc(C)cc3)c2)C(=O)O1. The van der Waals surface area contributed by atoms with Crippen LogP contribution >= 0.6 is 0 Å². The van der Waals surface area contributed by atoms with Gasteiger partial charge in [-0.05, 0) is 42.8 Å². The summed E-state index contributed by atoms with van der Waals surface area (Å²) in [6.07, 6.45) is 1.68. The average molecular weight is 293 g/mol. The fraction of sp³-hybridized carbons (Fsp3) is 0.111. The van der Waals surface area contributed by atoms with E-state index in [1.165, 1.54) is 5.56 Å². The Balaban J connectivity index is 1.82. The Morgan fingerprint density at radius 1 is 1.05 bits per heavy atom. The molecule has 4 nitrogen and oxygen atoms in total. The first-order valence-electron chi connectivity index (χ1n) is 6.94. The highest BCUT2D eigenvalue weighted by Crippen LogP contribution is 2.24. The summed E-state index contributed by atoms with van der Waals surface area (Å²) in [6.45, 7) is 3.68. The van der Waals surface area contributed by atoms with E-state index >= 15 is 0 Å². The van der Waals surface area contributed by atoms with Crippen LogP contribution in [0.15, 0.2) is 59.2 Å². The van der Waals surface area contributed by atoms with Gasteiger partial charge >= 0.3 is 5.97 Å². The number of carbonyl (C=O) groups is 1. The number of rotatable bonds is 3. The summed E-state index contributed by atoms with van der Waals surface area (Å²) in [5, 5.41) is 0. The van der Waals surface area contributed by atoms with Crippen LogP contribution in [-0.2, 0) is 9.53 Å². The zero-order valence-electron chi connectivity index (χ0n) is 12.4. The van der Waals surface area contributed by atoms with Crippen molar-refractivity contribution in [1.82, 2.24) is 0 Å². The molecule has 0 saturated carbocycles. The van der Waals surface area contributed by atoms with E-state index in [0.29, 0.717) is 17.3 Å². The minimum atomic E-state index is -0.428. The Hall–Kier alpha value is -2.88. The van der Waals surface area contributed by atoms with Crippen molar-refractivity contribution in [3.05, 3.63) is 65.4 Å². The number of hydrogen-bond acceptors (Lipinski definition) is 4. The maximum Gasteiger partial charge on any atom is 0.363 e. The molecule has 0 aliphatic carbocycles. The highest BCUT2D eigenvalue weighted by atomic mass is 16.6. The van der Waals surface area contributed by atoms with Crippen LogP contribution in [0.5, 0.6) is 11.5 Å². The topological polar surface area (TPSA) is 47.9 Å². The molecule has 0 spiro atoms. The molecule has 3 rings (SSSR count). The van der Waals surface area contributed by atoms with E-state index in [2.05, 4.69) is 4.99 Å². The van der Waals surface area contributed by atoms with Gasteiger partial charge < -0.3 is 9.47 Å². The fourth-order valence-corrected chi connectivity index (χ4v) is 2.08. The first-order chi connectivity index (χ1) is 10.6. The molecule has 22 heavy (non-hydrogen) atoms. The Morgan fingerprint density at radius 2 is 1.82 bits per heavy atom.